The predicted molar refractivity (Wildman–Crippen MR) is 83.9 cm³/mol. The number of nitrogens with zero attached hydrogens (tertiary/aromatic N) is 3. The van der Waals surface area contributed by atoms with Crippen LogP contribution in [0.3, 0.4) is 0 Å². The largest absolute Gasteiger partial charge is 0.329 e. The Morgan fingerprint density at radius 3 is 2.65 bits per heavy atom. The molecule has 0 spiro atoms. The van der Waals surface area contributed by atoms with Gasteiger partial charge in [-0.2, -0.15) is 0 Å². The third-order valence-corrected chi connectivity index (χ3v) is 5.95. The van der Waals surface area contributed by atoms with Gasteiger partial charge in [-0.3, -0.25) is 14.7 Å². The quantitative estimate of drug-likeness (QED) is 0.835. The molecule has 0 bridgehead atoms. The van der Waals surface area contributed by atoms with Gasteiger partial charge in [-0.1, -0.05) is 0 Å². The second-order valence-electron chi connectivity index (χ2n) is 7.37. The first kappa shape index (κ1) is 14.8. The van der Waals surface area contributed by atoms with Crippen molar-refractivity contribution >= 4 is 0 Å². The summed E-state index contributed by atoms with van der Waals surface area (Å²) in [5.74, 6) is 0. The van der Waals surface area contributed by atoms with E-state index in [4.69, 9.17) is 5.73 Å². The van der Waals surface area contributed by atoms with Gasteiger partial charge in [0.2, 0.25) is 0 Å². The van der Waals surface area contributed by atoms with E-state index in [1.165, 1.54) is 65.0 Å². The topological polar surface area (TPSA) is 35.7 Å². The molecule has 0 aliphatic carbocycles. The highest BCUT2D eigenvalue weighted by molar-refractivity contribution is 5.03. The van der Waals surface area contributed by atoms with Crippen molar-refractivity contribution in [3.8, 4) is 0 Å². The van der Waals surface area contributed by atoms with Gasteiger partial charge in [0.1, 0.15) is 0 Å². The second kappa shape index (κ2) is 5.91. The smallest absolute Gasteiger partial charge is 0.0471 e. The zero-order valence-corrected chi connectivity index (χ0v) is 13.4. The van der Waals surface area contributed by atoms with E-state index in [-0.39, 0.29) is 5.54 Å². The summed E-state index contributed by atoms with van der Waals surface area (Å²) in [4.78, 5) is 8.11. The Hall–Kier alpha value is -0.160. The highest BCUT2D eigenvalue weighted by Crippen LogP contribution is 2.32. The molecule has 3 heterocycles. The van der Waals surface area contributed by atoms with E-state index < -0.39 is 0 Å². The molecule has 2 N–H and O–H groups in total. The zero-order chi connectivity index (χ0) is 14.2. The maximum Gasteiger partial charge on any atom is 0.0471 e. The number of nitrogens with two attached hydrogens (primary N) is 1. The molecule has 4 nitrogen and oxygen atoms in total. The minimum atomic E-state index is 0.253. The normalized spacial score (nSPS) is 37.5. The lowest BCUT2D eigenvalue weighted by atomic mass is 9.95. The first-order valence-electron chi connectivity index (χ1n) is 8.58. The predicted octanol–water partition coefficient (Wildman–Crippen LogP) is 0.968. The Kier molecular flexibility index (Phi) is 4.37. The molecular formula is C16H32N4. The van der Waals surface area contributed by atoms with Gasteiger partial charge in [-0.25, -0.2) is 0 Å². The second-order valence-corrected chi connectivity index (χ2v) is 7.37. The lowest BCUT2D eigenvalue weighted by Crippen LogP contribution is -2.58. The average Bonchev–Trinajstić information content (AvgIpc) is 3.02. The van der Waals surface area contributed by atoms with Gasteiger partial charge >= 0.3 is 0 Å². The van der Waals surface area contributed by atoms with Crippen LogP contribution in [0.5, 0.6) is 0 Å². The van der Waals surface area contributed by atoms with Crippen LogP contribution in [-0.2, 0) is 0 Å². The van der Waals surface area contributed by atoms with Gasteiger partial charge in [0, 0.05) is 50.3 Å². The van der Waals surface area contributed by atoms with Crippen LogP contribution in [0.25, 0.3) is 0 Å². The summed E-state index contributed by atoms with van der Waals surface area (Å²) in [6.45, 7) is 13.0. The summed E-state index contributed by atoms with van der Waals surface area (Å²) in [6.07, 6.45) is 5.37. The van der Waals surface area contributed by atoms with Crippen molar-refractivity contribution < 1.29 is 0 Å². The van der Waals surface area contributed by atoms with Gasteiger partial charge in [0.15, 0.2) is 0 Å². The van der Waals surface area contributed by atoms with E-state index in [9.17, 15) is 0 Å². The summed E-state index contributed by atoms with van der Waals surface area (Å²) >= 11 is 0. The van der Waals surface area contributed by atoms with E-state index in [1.807, 2.05) is 0 Å². The molecule has 0 saturated carbocycles. The van der Waals surface area contributed by atoms with Crippen LogP contribution in [0.4, 0.5) is 0 Å². The average molecular weight is 280 g/mol. The lowest BCUT2D eigenvalue weighted by Gasteiger charge is -2.41. The Morgan fingerprint density at radius 1 is 1.15 bits per heavy atom. The van der Waals surface area contributed by atoms with Crippen LogP contribution in [0.15, 0.2) is 0 Å². The van der Waals surface area contributed by atoms with Gasteiger partial charge in [-0.05, 0) is 52.6 Å². The maximum atomic E-state index is 6.27. The maximum absolute atomic E-state index is 6.27. The summed E-state index contributed by atoms with van der Waals surface area (Å²) in [6, 6.07) is 1.45. The first-order chi connectivity index (χ1) is 9.64. The van der Waals surface area contributed by atoms with Crippen LogP contribution in [-0.4, -0.2) is 78.1 Å². The first-order valence-corrected chi connectivity index (χ1v) is 8.58. The molecule has 0 aromatic rings. The van der Waals surface area contributed by atoms with Crippen LogP contribution in [0.2, 0.25) is 0 Å². The SMILES string of the molecule is CC(C)N1CCC(CN)(N2CCCN3CCCC3C2)C1. The minimum Gasteiger partial charge on any atom is -0.329 e. The minimum absolute atomic E-state index is 0.253. The fourth-order valence-electron chi connectivity index (χ4n) is 4.52. The number of hydrogen-bond donors (Lipinski definition) is 1. The molecule has 3 rings (SSSR count). The molecule has 3 fully saturated rings. The summed E-state index contributed by atoms with van der Waals surface area (Å²) in [5, 5.41) is 0. The number of rotatable bonds is 3. The molecule has 0 aromatic carbocycles. The Balaban J connectivity index is 1.72. The highest BCUT2D eigenvalue weighted by atomic mass is 15.3. The van der Waals surface area contributed by atoms with E-state index in [0.29, 0.717) is 6.04 Å². The molecule has 2 unspecified atom stereocenters. The number of fused-ring (bicyclic) bond motifs is 1. The molecule has 20 heavy (non-hydrogen) atoms. The summed E-state index contributed by atoms with van der Waals surface area (Å²) in [7, 11) is 0. The van der Waals surface area contributed by atoms with Crippen LogP contribution in [0, 0.1) is 0 Å². The standard InChI is InChI=1S/C16H32N4/c1-14(2)19-10-6-16(12-17,13-19)20-9-4-8-18-7-3-5-15(18)11-20/h14-15H,3-13,17H2,1-2H3. The van der Waals surface area contributed by atoms with Crippen molar-refractivity contribution in [3.63, 3.8) is 0 Å². The molecule has 0 radical (unpaired) electrons. The molecule has 4 heteroatoms. The van der Waals surface area contributed by atoms with Gasteiger partial charge in [0.25, 0.3) is 0 Å². The Morgan fingerprint density at radius 2 is 1.95 bits per heavy atom. The zero-order valence-electron chi connectivity index (χ0n) is 13.4. The fourth-order valence-corrected chi connectivity index (χ4v) is 4.52. The Labute approximate surface area is 124 Å². The van der Waals surface area contributed by atoms with Crippen molar-refractivity contribution in [2.75, 3.05) is 45.8 Å². The third-order valence-electron chi connectivity index (χ3n) is 5.95. The van der Waals surface area contributed by atoms with Crippen LogP contribution >= 0.6 is 0 Å². The Bertz CT molecular complexity index is 332. The molecule has 0 amide bonds. The molecular weight excluding hydrogens is 248 g/mol. The third kappa shape index (κ3) is 2.63. The monoisotopic (exact) mass is 280 g/mol. The van der Waals surface area contributed by atoms with Gasteiger partial charge in [-0.15, -0.1) is 0 Å². The number of hydrogen-bond acceptors (Lipinski definition) is 4. The molecule has 116 valence electrons. The van der Waals surface area contributed by atoms with E-state index in [1.54, 1.807) is 0 Å². The number of likely N-dealkylation sites (tertiary alicyclic amines) is 1. The molecule has 3 aliphatic rings. The van der Waals surface area contributed by atoms with Crippen molar-refractivity contribution in [2.24, 2.45) is 5.73 Å². The summed E-state index contributed by atoms with van der Waals surface area (Å²) < 4.78 is 0. The lowest BCUT2D eigenvalue weighted by molar-refractivity contribution is 0.0853. The van der Waals surface area contributed by atoms with Crippen molar-refractivity contribution in [1.82, 2.24) is 14.7 Å². The van der Waals surface area contributed by atoms with Crippen molar-refractivity contribution in [1.29, 1.82) is 0 Å². The van der Waals surface area contributed by atoms with E-state index >= 15 is 0 Å². The molecule has 3 aliphatic heterocycles. The summed E-state index contributed by atoms with van der Waals surface area (Å²) in [5.41, 5.74) is 6.52. The molecule has 3 saturated heterocycles. The fraction of sp³-hybridized carbons (Fsp3) is 1.00. The van der Waals surface area contributed by atoms with Gasteiger partial charge < -0.3 is 5.73 Å². The van der Waals surface area contributed by atoms with E-state index in [2.05, 4.69) is 28.5 Å². The molecule has 2 atom stereocenters. The van der Waals surface area contributed by atoms with Crippen molar-refractivity contribution in [3.05, 3.63) is 0 Å². The van der Waals surface area contributed by atoms with E-state index in [0.717, 1.165) is 12.6 Å². The molecule has 0 aromatic heterocycles. The van der Waals surface area contributed by atoms with Crippen LogP contribution in [0.1, 0.15) is 39.5 Å². The van der Waals surface area contributed by atoms with Crippen molar-refractivity contribution in [2.45, 2.75) is 57.2 Å². The van der Waals surface area contributed by atoms with Crippen LogP contribution < -0.4 is 5.73 Å². The van der Waals surface area contributed by atoms with Gasteiger partial charge in [0.05, 0.1) is 0 Å². The highest BCUT2D eigenvalue weighted by Gasteiger charge is 2.44.